The van der Waals surface area contributed by atoms with Crippen LogP contribution in [0.3, 0.4) is 0 Å². The number of benzene rings is 2. The third-order valence-corrected chi connectivity index (χ3v) is 6.23. The third kappa shape index (κ3) is 5.38. The Labute approximate surface area is 204 Å². The van der Waals surface area contributed by atoms with E-state index in [9.17, 15) is 14.7 Å². The van der Waals surface area contributed by atoms with Gasteiger partial charge in [0.15, 0.2) is 0 Å². The maximum absolute atomic E-state index is 11.9. The zero-order chi connectivity index (χ0) is 24.1. The molecule has 8 heteroatoms. The van der Waals surface area contributed by atoms with Crippen molar-refractivity contribution in [3.63, 3.8) is 0 Å². The van der Waals surface area contributed by atoms with Crippen LogP contribution in [0.25, 0.3) is 0 Å². The molecule has 1 amide bonds. The molecule has 0 bridgehead atoms. The molecule has 4 rings (SSSR count). The van der Waals surface area contributed by atoms with Gasteiger partial charge < -0.3 is 15.3 Å². The standard InChI is InChI=1S/C26H27ClN4O3/c1-2-23(32)29-21-16-22(26(33)34)25(28-17-21)31-14-12-30(13-15-31)24(18-6-4-3-5-7-18)19-8-10-20(27)11-9-19/h3-11,16-17,24H,2,12-15H2,1H3,(H,29,32)(H,33,34). The number of nitrogens with one attached hydrogen (secondary N) is 1. The minimum atomic E-state index is -1.07. The second-order valence-corrected chi connectivity index (χ2v) is 8.63. The summed E-state index contributed by atoms with van der Waals surface area (Å²) in [6.45, 7) is 4.46. The van der Waals surface area contributed by atoms with Gasteiger partial charge in [0.2, 0.25) is 5.91 Å². The molecule has 1 aromatic heterocycles. The number of carbonyl (C=O) groups is 2. The molecule has 7 nitrogen and oxygen atoms in total. The molecular formula is C26H27ClN4O3. The van der Waals surface area contributed by atoms with Crippen LogP contribution in [0.4, 0.5) is 11.5 Å². The first-order valence-corrected chi connectivity index (χ1v) is 11.7. The lowest BCUT2D eigenvalue weighted by molar-refractivity contribution is -0.115. The minimum Gasteiger partial charge on any atom is -0.478 e. The number of hydrogen-bond donors (Lipinski definition) is 2. The number of anilines is 2. The number of carboxylic acid groups (broad SMARTS) is 1. The van der Waals surface area contributed by atoms with Crippen molar-refractivity contribution < 1.29 is 14.7 Å². The Morgan fingerprint density at radius 3 is 2.29 bits per heavy atom. The molecule has 176 valence electrons. The van der Waals surface area contributed by atoms with E-state index in [4.69, 9.17) is 11.6 Å². The molecule has 34 heavy (non-hydrogen) atoms. The first-order valence-electron chi connectivity index (χ1n) is 11.3. The van der Waals surface area contributed by atoms with Crippen LogP contribution >= 0.6 is 11.6 Å². The molecule has 2 heterocycles. The van der Waals surface area contributed by atoms with Crippen LogP contribution in [-0.2, 0) is 4.79 Å². The number of hydrogen-bond acceptors (Lipinski definition) is 5. The number of nitrogens with zero attached hydrogens (tertiary/aromatic N) is 3. The monoisotopic (exact) mass is 478 g/mol. The molecule has 0 spiro atoms. The zero-order valence-corrected chi connectivity index (χ0v) is 19.7. The quantitative estimate of drug-likeness (QED) is 0.512. The van der Waals surface area contributed by atoms with Gasteiger partial charge >= 0.3 is 5.97 Å². The Kier molecular flexibility index (Phi) is 7.45. The Hall–Kier alpha value is -3.42. The number of aromatic carboxylic acids is 1. The van der Waals surface area contributed by atoms with Crippen molar-refractivity contribution in [1.29, 1.82) is 0 Å². The summed E-state index contributed by atoms with van der Waals surface area (Å²) in [7, 11) is 0. The molecule has 2 aromatic carbocycles. The number of carbonyl (C=O) groups excluding carboxylic acids is 1. The fourth-order valence-electron chi connectivity index (χ4n) is 4.27. The lowest BCUT2D eigenvalue weighted by Gasteiger charge is -2.40. The van der Waals surface area contributed by atoms with Gasteiger partial charge in [0.05, 0.1) is 17.9 Å². The lowest BCUT2D eigenvalue weighted by Crippen LogP contribution is -2.48. The van der Waals surface area contributed by atoms with Crippen LogP contribution in [0, 0.1) is 0 Å². The number of halogens is 1. The van der Waals surface area contributed by atoms with E-state index in [1.54, 1.807) is 6.92 Å². The van der Waals surface area contributed by atoms with Crippen molar-refractivity contribution in [3.05, 3.63) is 88.6 Å². The molecular weight excluding hydrogens is 452 g/mol. The highest BCUT2D eigenvalue weighted by atomic mass is 35.5. The number of amides is 1. The molecule has 2 N–H and O–H groups in total. The normalized spacial score (nSPS) is 15.1. The van der Waals surface area contributed by atoms with Crippen LogP contribution in [0.15, 0.2) is 66.9 Å². The van der Waals surface area contributed by atoms with E-state index in [2.05, 4.69) is 39.5 Å². The number of piperazine rings is 1. The molecule has 1 aliphatic rings. The van der Waals surface area contributed by atoms with Crippen molar-refractivity contribution in [2.45, 2.75) is 19.4 Å². The van der Waals surface area contributed by atoms with Crippen molar-refractivity contribution >= 4 is 35.0 Å². The van der Waals surface area contributed by atoms with E-state index in [-0.39, 0.29) is 17.5 Å². The summed E-state index contributed by atoms with van der Waals surface area (Å²) >= 11 is 6.12. The van der Waals surface area contributed by atoms with Crippen molar-refractivity contribution in [1.82, 2.24) is 9.88 Å². The molecule has 1 unspecified atom stereocenters. The maximum atomic E-state index is 11.9. The Morgan fingerprint density at radius 2 is 1.68 bits per heavy atom. The highest BCUT2D eigenvalue weighted by molar-refractivity contribution is 6.30. The average molecular weight is 479 g/mol. The SMILES string of the molecule is CCC(=O)Nc1cnc(N2CCN(C(c3ccccc3)c3ccc(Cl)cc3)CC2)c(C(=O)O)c1. The molecule has 0 aliphatic carbocycles. The van der Waals surface area contributed by atoms with Crippen molar-refractivity contribution in [2.75, 3.05) is 36.4 Å². The number of pyridine rings is 1. The fourth-order valence-corrected chi connectivity index (χ4v) is 4.40. The van der Waals surface area contributed by atoms with Crippen LogP contribution in [0.5, 0.6) is 0 Å². The second-order valence-electron chi connectivity index (χ2n) is 8.19. The predicted molar refractivity (Wildman–Crippen MR) is 134 cm³/mol. The van der Waals surface area contributed by atoms with Gasteiger partial charge in [0, 0.05) is 37.6 Å². The van der Waals surface area contributed by atoms with E-state index in [0.29, 0.717) is 36.0 Å². The molecule has 1 fully saturated rings. The summed E-state index contributed by atoms with van der Waals surface area (Å²) < 4.78 is 0. The van der Waals surface area contributed by atoms with Crippen molar-refractivity contribution in [3.8, 4) is 0 Å². The minimum absolute atomic E-state index is 0.0687. The van der Waals surface area contributed by atoms with E-state index in [0.717, 1.165) is 18.7 Å². The summed E-state index contributed by atoms with van der Waals surface area (Å²) in [5.41, 5.74) is 2.82. The number of rotatable bonds is 7. The summed E-state index contributed by atoms with van der Waals surface area (Å²) in [6.07, 6.45) is 1.82. The van der Waals surface area contributed by atoms with Crippen LogP contribution in [0.2, 0.25) is 5.02 Å². The first-order chi connectivity index (χ1) is 16.5. The van der Waals surface area contributed by atoms with Crippen LogP contribution in [-0.4, -0.2) is 53.0 Å². The lowest BCUT2D eigenvalue weighted by atomic mass is 9.96. The molecule has 1 saturated heterocycles. The maximum Gasteiger partial charge on any atom is 0.339 e. The average Bonchev–Trinajstić information content (AvgIpc) is 2.86. The second kappa shape index (κ2) is 10.7. The van der Waals surface area contributed by atoms with E-state index >= 15 is 0 Å². The van der Waals surface area contributed by atoms with E-state index in [1.807, 2.05) is 35.2 Å². The largest absolute Gasteiger partial charge is 0.478 e. The molecule has 1 atom stereocenters. The molecule has 1 aliphatic heterocycles. The van der Waals surface area contributed by atoms with E-state index in [1.165, 1.54) is 17.8 Å². The fraction of sp³-hybridized carbons (Fsp3) is 0.269. The third-order valence-electron chi connectivity index (χ3n) is 5.98. The Balaban J connectivity index is 1.55. The summed E-state index contributed by atoms with van der Waals surface area (Å²) in [5, 5.41) is 13.2. The number of aromatic nitrogens is 1. The number of carboxylic acids is 1. The van der Waals surface area contributed by atoms with Gasteiger partial charge in [0.25, 0.3) is 0 Å². The predicted octanol–water partition coefficient (Wildman–Crippen LogP) is 4.69. The summed E-state index contributed by atoms with van der Waals surface area (Å²) in [5.74, 6) is -0.834. The van der Waals surface area contributed by atoms with Gasteiger partial charge in [0.1, 0.15) is 11.4 Å². The molecule has 3 aromatic rings. The molecule has 0 saturated carbocycles. The van der Waals surface area contributed by atoms with Gasteiger partial charge in [-0.25, -0.2) is 9.78 Å². The highest BCUT2D eigenvalue weighted by Crippen LogP contribution is 2.31. The van der Waals surface area contributed by atoms with Crippen LogP contribution < -0.4 is 10.2 Å². The Bertz CT molecular complexity index is 1150. The van der Waals surface area contributed by atoms with Crippen molar-refractivity contribution in [2.24, 2.45) is 0 Å². The highest BCUT2D eigenvalue weighted by Gasteiger charge is 2.28. The zero-order valence-electron chi connectivity index (χ0n) is 18.9. The van der Waals surface area contributed by atoms with Gasteiger partial charge in [-0.2, -0.15) is 0 Å². The summed E-state index contributed by atoms with van der Waals surface area (Å²) in [6, 6.07) is 19.8. The van der Waals surface area contributed by atoms with Crippen LogP contribution in [0.1, 0.15) is 40.9 Å². The smallest absolute Gasteiger partial charge is 0.339 e. The Morgan fingerprint density at radius 1 is 1.03 bits per heavy atom. The van der Waals surface area contributed by atoms with Gasteiger partial charge in [-0.3, -0.25) is 9.69 Å². The van der Waals surface area contributed by atoms with E-state index < -0.39 is 5.97 Å². The van der Waals surface area contributed by atoms with Gasteiger partial charge in [-0.15, -0.1) is 0 Å². The first kappa shape index (κ1) is 23.7. The topological polar surface area (TPSA) is 85.8 Å². The summed E-state index contributed by atoms with van der Waals surface area (Å²) in [4.78, 5) is 32.4. The van der Waals surface area contributed by atoms with Gasteiger partial charge in [-0.05, 0) is 29.3 Å². The van der Waals surface area contributed by atoms with Gasteiger partial charge in [-0.1, -0.05) is 61.0 Å². The molecule has 0 radical (unpaired) electrons.